The van der Waals surface area contributed by atoms with Crippen molar-refractivity contribution in [2.75, 3.05) is 0 Å². The highest BCUT2D eigenvalue weighted by Gasteiger charge is 2.42. The molecule has 1 aromatic rings. The van der Waals surface area contributed by atoms with Crippen molar-refractivity contribution in [1.29, 1.82) is 0 Å². The highest BCUT2D eigenvalue weighted by Crippen LogP contribution is 2.38. The Kier molecular flexibility index (Phi) is 1.89. The predicted molar refractivity (Wildman–Crippen MR) is 48.8 cm³/mol. The smallest absolute Gasteiger partial charge is 0.341 e. The van der Waals surface area contributed by atoms with Crippen molar-refractivity contribution in [3.8, 4) is 0 Å². The molecule has 0 spiro atoms. The van der Waals surface area contributed by atoms with Crippen molar-refractivity contribution < 1.29 is 15.0 Å². The molecule has 1 atom stereocenters. The molecule has 70 valence electrons. The lowest BCUT2D eigenvalue weighted by molar-refractivity contribution is -0.160. The zero-order valence-electron chi connectivity index (χ0n) is 6.99. The standard InChI is InChI=1S/C9H10O3S/c10-8(11)9(12)4-1-2-6-3-5-13-7(6)9/h3,5,12H,1-2,4H2,(H,10,11). The Morgan fingerprint density at radius 2 is 2.38 bits per heavy atom. The summed E-state index contributed by atoms with van der Waals surface area (Å²) in [5, 5.41) is 20.7. The average Bonchev–Trinajstić information content (AvgIpc) is 2.53. The van der Waals surface area contributed by atoms with Gasteiger partial charge in [0.1, 0.15) is 0 Å². The number of aliphatic carboxylic acids is 1. The number of hydrogen-bond acceptors (Lipinski definition) is 3. The molecule has 4 heteroatoms. The first-order chi connectivity index (χ1) is 6.14. The molecule has 0 aromatic carbocycles. The van der Waals surface area contributed by atoms with Gasteiger partial charge in [0.15, 0.2) is 5.60 Å². The molecule has 0 fully saturated rings. The third kappa shape index (κ3) is 1.17. The van der Waals surface area contributed by atoms with E-state index in [1.54, 1.807) is 0 Å². The summed E-state index contributed by atoms with van der Waals surface area (Å²) in [7, 11) is 0. The van der Waals surface area contributed by atoms with Crippen molar-refractivity contribution >= 4 is 17.3 Å². The van der Waals surface area contributed by atoms with Gasteiger partial charge in [0.2, 0.25) is 0 Å². The fraction of sp³-hybridized carbons (Fsp3) is 0.444. The van der Waals surface area contributed by atoms with Crippen molar-refractivity contribution in [2.24, 2.45) is 0 Å². The Morgan fingerprint density at radius 3 is 3.08 bits per heavy atom. The molecule has 0 saturated carbocycles. The van der Waals surface area contributed by atoms with Gasteiger partial charge in [0, 0.05) is 0 Å². The predicted octanol–water partition coefficient (Wildman–Crippen LogP) is 1.36. The number of aliphatic hydroxyl groups is 1. The minimum absolute atomic E-state index is 0.329. The van der Waals surface area contributed by atoms with Crippen LogP contribution in [0.3, 0.4) is 0 Å². The lowest BCUT2D eigenvalue weighted by Crippen LogP contribution is -2.37. The maximum atomic E-state index is 10.9. The van der Waals surface area contributed by atoms with E-state index in [-0.39, 0.29) is 0 Å². The summed E-state index contributed by atoms with van der Waals surface area (Å²) in [6.07, 6.45) is 1.96. The van der Waals surface area contributed by atoms with Crippen LogP contribution < -0.4 is 0 Å². The summed E-state index contributed by atoms with van der Waals surface area (Å²) < 4.78 is 0. The van der Waals surface area contributed by atoms with Crippen LogP contribution in [0.4, 0.5) is 0 Å². The number of carboxylic acids is 1. The Hall–Kier alpha value is -0.870. The number of aryl methyl sites for hydroxylation is 1. The Labute approximate surface area is 79.6 Å². The van der Waals surface area contributed by atoms with Crippen LogP contribution in [0, 0.1) is 0 Å². The molecule has 1 unspecified atom stereocenters. The van der Waals surface area contributed by atoms with E-state index in [2.05, 4.69) is 0 Å². The van der Waals surface area contributed by atoms with Gasteiger partial charge in [-0.1, -0.05) is 0 Å². The lowest BCUT2D eigenvalue weighted by atomic mass is 9.85. The molecule has 2 rings (SSSR count). The third-order valence-corrected chi connectivity index (χ3v) is 3.57. The van der Waals surface area contributed by atoms with E-state index >= 15 is 0 Å². The molecular formula is C9H10O3S. The number of hydrogen-bond donors (Lipinski definition) is 2. The zero-order chi connectivity index (χ0) is 9.47. The van der Waals surface area contributed by atoms with E-state index in [1.807, 2.05) is 11.4 Å². The molecule has 13 heavy (non-hydrogen) atoms. The largest absolute Gasteiger partial charge is 0.479 e. The Balaban J connectivity index is 2.51. The van der Waals surface area contributed by atoms with Gasteiger partial charge in [-0.3, -0.25) is 0 Å². The van der Waals surface area contributed by atoms with E-state index in [9.17, 15) is 9.90 Å². The number of fused-ring (bicyclic) bond motifs is 1. The van der Waals surface area contributed by atoms with Crippen molar-refractivity contribution in [2.45, 2.75) is 24.9 Å². The van der Waals surface area contributed by atoms with Gasteiger partial charge in [-0.15, -0.1) is 11.3 Å². The zero-order valence-corrected chi connectivity index (χ0v) is 7.80. The fourth-order valence-electron chi connectivity index (χ4n) is 1.75. The molecule has 1 heterocycles. The molecular weight excluding hydrogens is 188 g/mol. The Bertz CT molecular complexity index is 344. The van der Waals surface area contributed by atoms with Crippen LogP contribution in [0.1, 0.15) is 23.3 Å². The second-order valence-corrected chi connectivity index (χ2v) is 4.21. The molecule has 0 bridgehead atoms. The van der Waals surface area contributed by atoms with Crippen molar-refractivity contribution in [3.63, 3.8) is 0 Å². The highest BCUT2D eigenvalue weighted by atomic mass is 32.1. The quantitative estimate of drug-likeness (QED) is 0.716. The molecule has 0 amide bonds. The van der Waals surface area contributed by atoms with Gasteiger partial charge >= 0.3 is 5.97 Å². The minimum Gasteiger partial charge on any atom is -0.479 e. The van der Waals surface area contributed by atoms with Gasteiger partial charge < -0.3 is 10.2 Å². The summed E-state index contributed by atoms with van der Waals surface area (Å²) >= 11 is 1.33. The topological polar surface area (TPSA) is 57.5 Å². The van der Waals surface area contributed by atoms with Crippen molar-refractivity contribution in [3.05, 3.63) is 21.9 Å². The molecule has 3 nitrogen and oxygen atoms in total. The summed E-state index contributed by atoms with van der Waals surface area (Å²) in [6.45, 7) is 0. The molecule has 0 saturated heterocycles. The van der Waals surface area contributed by atoms with Gasteiger partial charge in [-0.25, -0.2) is 4.79 Å². The minimum atomic E-state index is -1.62. The van der Waals surface area contributed by atoms with E-state index in [0.717, 1.165) is 18.4 Å². The summed E-state index contributed by atoms with van der Waals surface area (Å²) in [6, 6.07) is 1.90. The molecule has 1 aliphatic rings. The van der Waals surface area contributed by atoms with Gasteiger partial charge in [-0.05, 0) is 36.3 Å². The maximum absolute atomic E-state index is 10.9. The summed E-state index contributed by atoms with van der Waals surface area (Å²) in [4.78, 5) is 11.5. The second kappa shape index (κ2) is 2.82. The maximum Gasteiger partial charge on any atom is 0.341 e. The average molecular weight is 198 g/mol. The summed E-state index contributed by atoms with van der Waals surface area (Å²) in [5.74, 6) is -1.13. The molecule has 0 radical (unpaired) electrons. The van der Waals surface area contributed by atoms with E-state index < -0.39 is 11.6 Å². The van der Waals surface area contributed by atoms with Crippen LogP contribution in [0.5, 0.6) is 0 Å². The normalized spacial score (nSPS) is 26.8. The van der Waals surface area contributed by atoms with Crippen LogP contribution in [0.25, 0.3) is 0 Å². The molecule has 1 aromatic heterocycles. The van der Waals surface area contributed by atoms with Crippen molar-refractivity contribution in [1.82, 2.24) is 0 Å². The van der Waals surface area contributed by atoms with E-state index in [4.69, 9.17) is 5.11 Å². The van der Waals surface area contributed by atoms with Crippen LogP contribution >= 0.6 is 11.3 Å². The number of thiophene rings is 1. The fourth-order valence-corrected chi connectivity index (χ4v) is 2.82. The van der Waals surface area contributed by atoms with Crippen LogP contribution in [-0.4, -0.2) is 16.2 Å². The van der Waals surface area contributed by atoms with E-state index in [1.165, 1.54) is 11.3 Å². The van der Waals surface area contributed by atoms with Crippen LogP contribution in [-0.2, 0) is 16.8 Å². The SMILES string of the molecule is O=C(O)C1(O)CCCc2ccsc21. The van der Waals surface area contributed by atoms with Crippen LogP contribution in [0.2, 0.25) is 0 Å². The van der Waals surface area contributed by atoms with E-state index in [0.29, 0.717) is 11.3 Å². The number of carboxylic acid groups (broad SMARTS) is 1. The van der Waals surface area contributed by atoms with Gasteiger partial charge in [0.05, 0.1) is 4.88 Å². The van der Waals surface area contributed by atoms with Gasteiger partial charge in [0.25, 0.3) is 0 Å². The second-order valence-electron chi connectivity index (χ2n) is 3.29. The lowest BCUT2D eigenvalue weighted by Gasteiger charge is -2.27. The monoisotopic (exact) mass is 198 g/mol. The first-order valence-corrected chi connectivity index (χ1v) is 5.05. The molecule has 0 aliphatic heterocycles. The third-order valence-electron chi connectivity index (χ3n) is 2.46. The Morgan fingerprint density at radius 1 is 1.62 bits per heavy atom. The van der Waals surface area contributed by atoms with Crippen LogP contribution in [0.15, 0.2) is 11.4 Å². The number of rotatable bonds is 1. The highest BCUT2D eigenvalue weighted by molar-refractivity contribution is 7.10. The first-order valence-electron chi connectivity index (χ1n) is 4.17. The number of carbonyl (C=O) groups is 1. The molecule has 2 N–H and O–H groups in total. The van der Waals surface area contributed by atoms with Gasteiger partial charge in [-0.2, -0.15) is 0 Å². The molecule has 1 aliphatic carbocycles. The summed E-state index contributed by atoms with van der Waals surface area (Å²) in [5.41, 5.74) is -0.636. The first kappa shape index (κ1) is 8.72.